The van der Waals surface area contributed by atoms with Crippen molar-refractivity contribution < 1.29 is 9.90 Å². The lowest BCUT2D eigenvalue weighted by Crippen LogP contribution is -2.49. The van der Waals surface area contributed by atoms with E-state index < -0.39 is 11.5 Å². The minimum Gasteiger partial charge on any atom is -0.479 e. The van der Waals surface area contributed by atoms with Gasteiger partial charge in [-0.15, -0.1) is 0 Å². The van der Waals surface area contributed by atoms with Crippen LogP contribution in [0.15, 0.2) is 0 Å². The molecular weight excluding hydrogens is 144 g/mol. The van der Waals surface area contributed by atoms with Crippen molar-refractivity contribution in [2.45, 2.75) is 12.0 Å². The topological polar surface area (TPSA) is 73.1 Å². The Labute approximate surface area is 63.8 Å². The van der Waals surface area contributed by atoms with Gasteiger partial charge in [-0.2, -0.15) is 5.26 Å². The number of hydrogen-bond donors (Lipinski definition) is 2. The van der Waals surface area contributed by atoms with Crippen molar-refractivity contribution in [1.29, 1.82) is 5.26 Å². The first-order chi connectivity index (χ1) is 5.20. The molecule has 1 aliphatic heterocycles. The maximum Gasteiger partial charge on any atom is 0.339 e. The van der Waals surface area contributed by atoms with Crippen LogP contribution in [0.1, 0.15) is 6.42 Å². The molecule has 4 nitrogen and oxygen atoms in total. The summed E-state index contributed by atoms with van der Waals surface area (Å²) in [5.74, 6) is -0.527. The number of carbonyl (C=O) groups is 1. The zero-order valence-electron chi connectivity index (χ0n) is 5.87. The van der Waals surface area contributed by atoms with E-state index in [9.17, 15) is 4.79 Å². The van der Waals surface area contributed by atoms with Gasteiger partial charge in [0.15, 0.2) is 0 Å². The fraction of sp³-hybridized carbons (Fsp3) is 0.714. The van der Waals surface area contributed by atoms with E-state index in [1.807, 2.05) is 6.07 Å². The molecule has 2 fully saturated rings. The Hall–Kier alpha value is -1.08. The van der Waals surface area contributed by atoms with Crippen molar-refractivity contribution in [3.8, 4) is 6.07 Å². The van der Waals surface area contributed by atoms with Crippen molar-refractivity contribution in [3.63, 3.8) is 0 Å². The van der Waals surface area contributed by atoms with Crippen LogP contribution in [0.25, 0.3) is 0 Å². The largest absolute Gasteiger partial charge is 0.479 e. The molecule has 0 bridgehead atoms. The Morgan fingerprint density at radius 3 is 2.73 bits per heavy atom. The van der Waals surface area contributed by atoms with E-state index in [0.29, 0.717) is 12.5 Å². The van der Waals surface area contributed by atoms with Gasteiger partial charge < -0.3 is 5.11 Å². The predicted molar refractivity (Wildman–Crippen MR) is 35.6 cm³/mol. The monoisotopic (exact) mass is 152 g/mol. The van der Waals surface area contributed by atoms with E-state index >= 15 is 0 Å². The summed E-state index contributed by atoms with van der Waals surface area (Å²) in [5, 5.41) is 20.2. The highest BCUT2D eigenvalue weighted by Gasteiger charge is 2.63. The van der Waals surface area contributed by atoms with E-state index in [1.165, 1.54) is 0 Å². The second kappa shape index (κ2) is 1.74. The van der Waals surface area contributed by atoms with Gasteiger partial charge in [0.1, 0.15) is 0 Å². The Morgan fingerprint density at radius 2 is 2.55 bits per heavy atom. The highest BCUT2D eigenvalue weighted by atomic mass is 16.4. The van der Waals surface area contributed by atoms with E-state index in [-0.39, 0.29) is 5.92 Å². The van der Waals surface area contributed by atoms with Gasteiger partial charge >= 0.3 is 5.97 Å². The average molecular weight is 152 g/mol. The van der Waals surface area contributed by atoms with Crippen LogP contribution in [0.4, 0.5) is 0 Å². The molecule has 2 N–H and O–H groups in total. The van der Waals surface area contributed by atoms with E-state index in [4.69, 9.17) is 10.4 Å². The van der Waals surface area contributed by atoms with Crippen LogP contribution in [-0.4, -0.2) is 23.2 Å². The van der Waals surface area contributed by atoms with Crippen LogP contribution in [-0.2, 0) is 4.79 Å². The molecule has 3 unspecified atom stereocenters. The average Bonchev–Trinajstić information content (AvgIpc) is 2.66. The van der Waals surface area contributed by atoms with E-state index in [0.717, 1.165) is 6.42 Å². The van der Waals surface area contributed by atoms with Gasteiger partial charge in [-0.25, -0.2) is 4.79 Å². The zero-order chi connectivity index (χ0) is 8.06. The third-order valence-electron chi connectivity index (χ3n) is 2.64. The molecule has 0 aromatic carbocycles. The quantitative estimate of drug-likeness (QED) is 0.535. The van der Waals surface area contributed by atoms with Crippen LogP contribution >= 0.6 is 0 Å². The number of carboxylic acid groups (broad SMARTS) is 1. The summed E-state index contributed by atoms with van der Waals surface area (Å²) < 4.78 is 0. The minimum absolute atomic E-state index is 0.0602. The highest BCUT2D eigenvalue weighted by molar-refractivity contribution is 5.84. The highest BCUT2D eigenvalue weighted by Crippen LogP contribution is 2.50. The molecule has 1 saturated carbocycles. The minimum atomic E-state index is -1.26. The maximum atomic E-state index is 10.7. The summed E-state index contributed by atoms with van der Waals surface area (Å²) in [6, 6.07) is 1.86. The Kier molecular flexibility index (Phi) is 1.05. The molecule has 1 heterocycles. The Morgan fingerprint density at radius 1 is 1.82 bits per heavy atom. The first-order valence-electron chi connectivity index (χ1n) is 3.60. The summed E-state index contributed by atoms with van der Waals surface area (Å²) in [4.78, 5) is 10.7. The van der Waals surface area contributed by atoms with Crippen LogP contribution in [0.2, 0.25) is 0 Å². The summed E-state index contributed by atoms with van der Waals surface area (Å²) in [7, 11) is 0. The number of nitrogens with zero attached hydrogens (tertiary/aromatic N) is 1. The smallest absolute Gasteiger partial charge is 0.339 e. The molecule has 0 spiro atoms. The van der Waals surface area contributed by atoms with Gasteiger partial charge in [0, 0.05) is 12.5 Å². The third-order valence-corrected chi connectivity index (χ3v) is 2.64. The molecule has 2 rings (SSSR count). The molecule has 58 valence electrons. The molecule has 1 aliphatic carbocycles. The lowest BCUT2D eigenvalue weighted by molar-refractivity contribution is -0.142. The first kappa shape index (κ1) is 6.62. The zero-order valence-corrected chi connectivity index (χ0v) is 5.87. The van der Waals surface area contributed by atoms with Crippen molar-refractivity contribution in [2.75, 3.05) is 6.54 Å². The van der Waals surface area contributed by atoms with Crippen LogP contribution in [0, 0.1) is 23.2 Å². The van der Waals surface area contributed by atoms with Gasteiger partial charge in [-0.1, -0.05) is 0 Å². The number of nitrogens with one attached hydrogen (secondary N) is 1. The van der Waals surface area contributed by atoms with Crippen molar-refractivity contribution in [2.24, 2.45) is 11.8 Å². The van der Waals surface area contributed by atoms with Gasteiger partial charge in [0.05, 0.1) is 6.07 Å². The fourth-order valence-electron chi connectivity index (χ4n) is 1.83. The van der Waals surface area contributed by atoms with Gasteiger partial charge in [-0.05, 0) is 12.3 Å². The number of rotatable bonds is 1. The first-order valence-corrected chi connectivity index (χ1v) is 3.60. The maximum absolute atomic E-state index is 10.7. The second-order valence-electron chi connectivity index (χ2n) is 3.21. The van der Waals surface area contributed by atoms with Crippen LogP contribution in [0.5, 0.6) is 0 Å². The molecule has 3 atom stereocenters. The van der Waals surface area contributed by atoms with Crippen molar-refractivity contribution in [1.82, 2.24) is 5.32 Å². The second-order valence-corrected chi connectivity index (χ2v) is 3.21. The molecule has 11 heavy (non-hydrogen) atoms. The van der Waals surface area contributed by atoms with E-state index in [2.05, 4.69) is 5.32 Å². The Bertz CT molecular complexity index is 258. The lowest BCUT2D eigenvalue weighted by atomic mass is 9.97. The summed E-state index contributed by atoms with van der Waals surface area (Å²) in [5.41, 5.74) is -1.26. The molecular formula is C7H8N2O2. The molecule has 0 aromatic heterocycles. The van der Waals surface area contributed by atoms with Crippen LogP contribution in [0.3, 0.4) is 0 Å². The molecule has 4 heteroatoms. The molecule has 0 aromatic rings. The van der Waals surface area contributed by atoms with E-state index in [1.54, 1.807) is 0 Å². The number of carboxylic acids is 1. The number of aliphatic carboxylic acids is 1. The molecule has 0 amide bonds. The lowest BCUT2D eigenvalue weighted by Gasteiger charge is -2.17. The number of nitriles is 1. The predicted octanol–water partition coefficient (Wildman–Crippen LogP) is -0.427. The van der Waals surface area contributed by atoms with Crippen molar-refractivity contribution in [3.05, 3.63) is 0 Å². The van der Waals surface area contributed by atoms with Gasteiger partial charge in [0.2, 0.25) is 5.54 Å². The van der Waals surface area contributed by atoms with Crippen LogP contribution < -0.4 is 5.32 Å². The normalized spacial score (nSPS) is 46.1. The van der Waals surface area contributed by atoms with Gasteiger partial charge in [-0.3, -0.25) is 5.32 Å². The number of piperidine rings is 1. The summed E-state index contributed by atoms with van der Waals surface area (Å²) >= 11 is 0. The standard InChI is InChI=1S/C7H8N2O2/c8-3-7(6(10)11)5-1-4(5)2-9-7/h4-5,9H,1-2H2,(H,10,11). The van der Waals surface area contributed by atoms with Crippen molar-refractivity contribution >= 4 is 5.97 Å². The fourth-order valence-corrected chi connectivity index (χ4v) is 1.83. The summed E-state index contributed by atoms with van der Waals surface area (Å²) in [6.45, 7) is 0.685. The SMILES string of the molecule is N#CC1(C(=O)O)NCC2CC21. The van der Waals surface area contributed by atoms with Gasteiger partial charge in [0.25, 0.3) is 0 Å². The molecule has 2 aliphatic rings. The summed E-state index contributed by atoms with van der Waals surface area (Å²) in [6.07, 6.45) is 0.896. The number of fused-ring (bicyclic) bond motifs is 1. The third kappa shape index (κ3) is 0.636. The number of hydrogen-bond acceptors (Lipinski definition) is 3. The molecule has 0 radical (unpaired) electrons. The Balaban J connectivity index is 2.32. The molecule has 1 saturated heterocycles.